The predicted molar refractivity (Wildman–Crippen MR) is 72.2 cm³/mol. The van der Waals surface area contributed by atoms with Crippen molar-refractivity contribution in [3.05, 3.63) is 23.5 Å². The van der Waals surface area contributed by atoms with E-state index in [0.717, 1.165) is 12.1 Å². The molecule has 106 valence electrons. The van der Waals surface area contributed by atoms with Crippen LogP contribution in [0.15, 0.2) is 12.3 Å². The second-order valence-corrected chi connectivity index (χ2v) is 5.47. The zero-order valence-corrected chi connectivity index (χ0v) is 11.5. The van der Waals surface area contributed by atoms with Crippen molar-refractivity contribution >= 4 is 5.91 Å². The summed E-state index contributed by atoms with van der Waals surface area (Å²) in [6.07, 6.45) is 3.06. The van der Waals surface area contributed by atoms with Crippen LogP contribution in [0.25, 0.3) is 0 Å². The van der Waals surface area contributed by atoms with Gasteiger partial charge in [0.15, 0.2) is 0 Å². The number of carbonyl (C=O) groups is 1. The maximum Gasteiger partial charge on any atom is 0.253 e. The fourth-order valence-electron chi connectivity index (χ4n) is 2.55. The first kappa shape index (κ1) is 14.1. The molecule has 1 saturated heterocycles. The monoisotopic (exact) mass is 266 g/mol. The van der Waals surface area contributed by atoms with Gasteiger partial charge >= 0.3 is 0 Å². The number of ether oxygens (including phenoxy) is 1. The van der Waals surface area contributed by atoms with E-state index in [1.54, 1.807) is 12.3 Å². The van der Waals surface area contributed by atoms with Crippen molar-refractivity contribution in [1.82, 2.24) is 10.3 Å². The van der Waals surface area contributed by atoms with Gasteiger partial charge in [0.2, 0.25) is 0 Å². The highest BCUT2D eigenvalue weighted by Gasteiger charge is 2.36. The van der Waals surface area contributed by atoms with Crippen LogP contribution in [0, 0.1) is 0 Å². The number of aliphatic hydroxyl groups is 1. The average molecular weight is 266 g/mol. The largest absolute Gasteiger partial charge is 0.396 e. The standard InChI is InChI=1S/C14H22N2O3/c1-10(2)12-11(3-6-15-12)13(18)16-14(4-7-17)5-8-19-9-14/h3,6,10,15,17H,4-5,7-9H2,1-2H3,(H,16,18). The van der Waals surface area contributed by atoms with Crippen LogP contribution in [0.3, 0.4) is 0 Å². The molecular formula is C14H22N2O3. The fraction of sp³-hybridized carbons (Fsp3) is 0.643. The van der Waals surface area contributed by atoms with Gasteiger partial charge in [0.05, 0.1) is 17.7 Å². The zero-order valence-electron chi connectivity index (χ0n) is 11.5. The Bertz CT molecular complexity index is 434. The highest BCUT2D eigenvalue weighted by Crippen LogP contribution is 2.24. The van der Waals surface area contributed by atoms with E-state index in [2.05, 4.69) is 10.3 Å². The van der Waals surface area contributed by atoms with Gasteiger partial charge in [-0.2, -0.15) is 0 Å². The zero-order chi connectivity index (χ0) is 13.9. The highest BCUT2D eigenvalue weighted by atomic mass is 16.5. The number of rotatable bonds is 5. The molecular weight excluding hydrogens is 244 g/mol. The van der Waals surface area contributed by atoms with E-state index >= 15 is 0 Å². The lowest BCUT2D eigenvalue weighted by Crippen LogP contribution is -2.49. The summed E-state index contributed by atoms with van der Waals surface area (Å²) >= 11 is 0. The van der Waals surface area contributed by atoms with Crippen molar-refractivity contribution in [3.8, 4) is 0 Å². The predicted octanol–water partition coefficient (Wildman–Crippen LogP) is 1.41. The third-order valence-electron chi connectivity index (χ3n) is 3.67. The molecule has 1 fully saturated rings. The summed E-state index contributed by atoms with van der Waals surface area (Å²) in [6, 6.07) is 1.80. The molecule has 0 bridgehead atoms. The second kappa shape index (κ2) is 5.75. The van der Waals surface area contributed by atoms with Gasteiger partial charge in [-0.25, -0.2) is 0 Å². The molecule has 5 heteroatoms. The quantitative estimate of drug-likeness (QED) is 0.754. The van der Waals surface area contributed by atoms with E-state index in [1.807, 2.05) is 13.8 Å². The third-order valence-corrected chi connectivity index (χ3v) is 3.67. The molecule has 0 saturated carbocycles. The van der Waals surface area contributed by atoms with Gasteiger partial charge in [0.25, 0.3) is 5.91 Å². The maximum absolute atomic E-state index is 12.4. The molecule has 19 heavy (non-hydrogen) atoms. The van der Waals surface area contributed by atoms with Crippen molar-refractivity contribution < 1.29 is 14.6 Å². The normalized spacial score (nSPS) is 22.9. The summed E-state index contributed by atoms with van der Waals surface area (Å²) in [5.74, 6) is 0.174. The van der Waals surface area contributed by atoms with Gasteiger partial charge in [-0.3, -0.25) is 4.79 Å². The first-order valence-corrected chi connectivity index (χ1v) is 6.76. The molecule has 1 atom stereocenters. The topological polar surface area (TPSA) is 74.4 Å². The lowest BCUT2D eigenvalue weighted by Gasteiger charge is -2.28. The summed E-state index contributed by atoms with van der Waals surface area (Å²) in [4.78, 5) is 15.5. The fourth-order valence-corrected chi connectivity index (χ4v) is 2.55. The van der Waals surface area contributed by atoms with Crippen molar-refractivity contribution in [1.29, 1.82) is 0 Å². The van der Waals surface area contributed by atoms with Gasteiger partial charge in [-0.1, -0.05) is 13.8 Å². The van der Waals surface area contributed by atoms with E-state index in [0.29, 0.717) is 25.2 Å². The summed E-state index contributed by atoms with van der Waals surface area (Å²) in [6.45, 7) is 5.24. The molecule has 1 unspecified atom stereocenters. The Morgan fingerprint density at radius 2 is 2.42 bits per heavy atom. The molecule has 1 aromatic heterocycles. The van der Waals surface area contributed by atoms with E-state index < -0.39 is 5.54 Å². The Labute approximate surface area is 113 Å². The molecule has 3 N–H and O–H groups in total. The van der Waals surface area contributed by atoms with E-state index in [4.69, 9.17) is 9.84 Å². The lowest BCUT2D eigenvalue weighted by atomic mass is 9.94. The lowest BCUT2D eigenvalue weighted by molar-refractivity contribution is 0.0849. The van der Waals surface area contributed by atoms with Gasteiger partial charge < -0.3 is 20.1 Å². The van der Waals surface area contributed by atoms with Gasteiger partial charge in [0, 0.05) is 25.1 Å². The van der Waals surface area contributed by atoms with Gasteiger partial charge in [0.1, 0.15) is 0 Å². The SMILES string of the molecule is CC(C)c1[nH]ccc1C(=O)NC1(CCO)CCOC1. The highest BCUT2D eigenvalue weighted by molar-refractivity contribution is 5.96. The Morgan fingerprint density at radius 1 is 1.63 bits per heavy atom. The van der Waals surface area contributed by atoms with Crippen molar-refractivity contribution in [3.63, 3.8) is 0 Å². The smallest absolute Gasteiger partial charge is 0.253 e. The first-order chi connectivity index (χ1) is 9.08. The Kier molecular flexibility index (Phi) is 4.27. The van der Waals surface area contributed by atoms with Crippen LogP contribution in [0.2, 0.25) is 0 Å². The molecule has 2 rings (SSSR count). The van der Waals surface area contributed by atoms with Gasteiger partial charge in [-0.15, -0.1) is 0 Å². The molecule has 0 aromatic carbocycles. The minimum absolute atomic E-state index is 0.0494. The number of hydrogen-bond acceptors (Lipinski definition) is 3. The molecule has 1 aliphatic rings. The molecule has 0 radical (unpaired) electrons. The number of aromatic nitrogens is 1. The van der Waals surface area contributed by atoms with E-state index in [9.17, 15) is 4.79 Å². The number of amides is 1. The third kappa shape index (κ3) is 2.98. The van der Waals surface area contributed by atoms with Crippen LogP contribution >= 0.6 is 0 Å². The molecule has 5 nitrogen and oxygen atoms in total. The Morgan fingerprint density at radius 3 is 3.00 bits per heavy atom. The summed E-state index contributed by atoms with van der Waals surface area (Å²) in [5, 5.41) is 12.2. The Hall–Kier alpha value is -1.33. The van der Waals surface area contributed by atoms with Gasteiger partial charge in [-0.05, 0) is 24.8 Å². The molecule has 2 heterocycles. The van der Waals surface area contributed by atoms with Crippen LogP contribution in [0.4, 0.5) is 0 Å². The minimum atomic E-state index is -0.419. The molecule has 1 aromatic rings. The second-order valence-electron chi connectivity index (χ2n) is 5.47. The number of H-pyrrole nitrogens is 1. The van der Waals surface area contributed by atoms with E-state index in [1.165, 1.54) is 0 Å². The molecule has 1 amide bonds. The number of aromatic amines is 1. The maximum atomic E-state index is 12.4. The summed E-state index contributed by atoms with van der Waals surface area (Å²) < 4.78 is 5.38. The molecule has 0 aliphatic carbocycles. The van der Waals surface area contributed by atoms with Crippen LogP contribution < -0.4 is 5.32 Å². The average Bonchev–Trinajstić information content (AvgIpc) is 2.97. The Balaban J connectivity index is 2.13. The van der Waals surface area contributed by atoms with Crippen molar-refractivity contribution in [2.75, 3.05) is 19.8 Å². The van der Waals surface area contributed by atoms with Crippen LogP contribution in [0.5, 0.6) is 0 Å². The minimum Gasteiger partial charge on any atom is -0.396 e. The number of hydrogen-bond donors (Lipinski definition) is 3. The molecule has 1 aliphatic heterocycles. The van der Waals surface area contributed by atoms with Crippen LogP contribution in [-0.2, 0) is 4.74 Å². The number of nitrogens with one attached hydrogen (secondary N) is 2. The van der Waals surface area contributed by atoms with E-state index in [-0.39, 0.29) is 18.4 Å². The van der Waals surface area contributed by atoms with Crippen LogP contribution in [-0.4, -0.2) is 41.4 Å². The summed E-state index contributed by atoms with van der Waals surface area (Å²) in [5.41, 5.74) is 1.20. The van der Waals surface area contributed by atoms with Crippen molar-refractivity contribution in [2.45, 2.75) is 38.1 Å². The first-order valence-electron chi connectivity index (χ1n) is 6.76. The number of aliphatic hydroxyl groups excluding tert-OH is 1. The molecule has 0 spiro atoms. The van der Waals surface area contributed by atoms with Crippen molar-refractivity contribution in [2.24, 2.45) is 0 Å². The summed E-state index contributed by atoms with van der Waals surface area (Å²) in [7, 11) is 0. The van der Waals surface area contributed by atoms with Crippen LogP contribution in [0.1, 0.15) is 48.7 Å². The number of carbonyl (C=O) groups excluding carboxylic acids is 1.